The summed E-state index contributed by atoms with van der Waals surface area (Å²) in [6.07, 6.45) is 3.70. The molecule has 0 fully saturated rings. The van der Waals surface area contributed by atoms with Crippen molar-refractivity contribution in [2.24, 2.45) is 0 Å². The van der Waals surface area contributed by atoms with Gasteiger partial charge >= 0.3 is 0 Å². The number of carbonyl (C=O) groups excluding carboxylic acids is 1. The molecule has 4 heteroatoms. The lowest BCUT2D eigenvalue weighted by molar-refractivity contribution is 0.0743. The molecular formula is C14H19NO2S. The summed E-state index contributed by atoms with van der Waals surface area (Å²) in [4.78, 5) is 13.8. The molecule has 1 amide bonds. The molecule has 1 aromatic carbocycles. The minimum absolute atomic E-state index is 0.0376. The summed E-state index contributed by atoms with van der Waals surface area (Å²) >= 11 is 1.72. The van der Waals surface area contributed by atoms with Crippen LogP contribution in [0.5, 0.6) is 0 Å². The molecule has 0 aliphatic rings. The van der Waals surface area contributed by atoms with Crippen LogP contribution in [0.15, 0.2) is 36.9 Å². The second kappa shape index (κ2) is 7.95. The first-order chi connectivity index (χ1) is 8.72. The van der Waals surface area contributed by atoms with Gasteiger partial charge in [0.05, 0.1) is 6.61 Å². The summed E-state index contributed by atoms with van der Waals surface area (Å²) in [7, 11) is 0. The van der Waals surface area contributed by atoms with Gasteiger partial charge in [0.1, 0.15) is 0 Å². The number of aliphatic hydroxyl groups is 1. The largest absolute Gasteiger partial charge is 0.395 e. The maximum Gasteiger partial charge on any atom is 0.254 e. The number of benzene rings is 1. The van der Waals surface area contributed by atoms with E-state index in [1.165, 1.54) is 0 Å². The Morgan fingerprint density at radius 2 is 2.33 bits per heavy atom. The zero-order chi connectivity index (χ0) is 13.4. The van der Waals surface area contributed by atoms with Gasteiger partial charge in [0.15, 0.2) is 0 Å². The van der Waals surface area contributed by atoms with Gasteiger partial charge in [0, 0.05) is 24.4 Å². The number of carbonyl (C=O) groups is 1. The van der Waals surface area contributed by atoms with Crippen LogP contribution in [0.1, 0.15) is 15.9 Å². The van der Waals surface area contributed by atoms with Crippen molar-refractivity contribution in [1.82, 2.24) is 4.90 Å². The van der Waals surface area contributed by atoms with Gasteiger partial charge in [0.2, 0.25) is 0 Å². The van der Waals surface area contributed by atoms with E-state index in [2.05, 4.69) is 6.58 Å². The summed E-state index contributed by atoms with van der Waals surface area (Å²) in [5.74, 6) is 0.828. The third kappa shape index (κ3) is 4.20. The highest BCUT2D eigenvalue weighted by atomic mass is 32.2. The fourth-order valence-corrected chi connectivity index (χ4v) is 2.21. The molecule has 0 spiro atoms. The second-order valence-electron chi connectivity index (χ2n) is 3.90. The molecule has 0 atom stereocenters. The van der Waals surface area contributed by atoms with E-state index in [0.29, 0.717) is 18.7 Å². The Hall–Kier alpha value is -1.26. The van der Waals surface area contributed by atoms with E-state index in [-0.39, 0.29) is 12.5 Å². The van der Waals surface area contributed by atoms with Gasteiger partial charge in [0.25, 0.3) is 5.91 Å². The Balaban J connectivity index is 2.86. The predicted molar refractivity (Wildman–Crippen MR) is 76.8 cm³/mol. The van der Waals surface area contributed by atoms with Crippen LogP contribution in [0, 0.1) is 0 Å². The second-order valence-corrected chi connectivity index (χ2v) is 4.76. The summed E-state index contributed by atoms with van der Waals surface area (Å²) in [6, 6.07) is 7.62. The minimum atomic E-state index is -0.0631. The van der Waals surface area contributed by atoms with Gasteiger partial charge in [-0.05, 0) is 24.0 Å². The number of aliphatic hydroxyl groups excluding tert-OH is 1. The van der Waals surface area contributed by atoms with E-state index in [1.807, 2.05) is 24.5 Å². The average molecular weight is 265 g/mol. The van der Waals surface area contributed by atoms with Crippen LogP contribution in [0.25, 0.3) is 0 Å². The molecule has 0 unspecified atom stereocenters. The highest BCUT2D eigenvalue weighted by Gasteiger charge is 2.14. The highest BCUT2D eigenvalue weighted by Crippen LogP contribution is 2.13. The van der Waals surface area contributed by atoms with Crippen molar-refractivity contribution in [3.05, 3.63) is 48.0 Å². The standard InChI is InChI=1S/C14H19NO2S/c1-3-7-15(8-9-16)14(17)13-6-4-5-12(10-13)11-18-2/h3-6,10,16H,1,7-9,11H2,2H3. The topological polar surface area (TPSA) is 40.5 Å². The fourth-order valence-electron chi connectivity index (χ4n) is 1.70. The molecule has 98 valence electrons. The van der Waals surface area contributed by atoms with E-state index in [0.717, 1.165) is 11.3 Å². The van der Waals surface area contributed by atoms with Crippen LogP contribution in [-0.2, 0) is 5.75 Å². The van der Waals surface area contributed by atoms with Gasteiger partial charge in [-0.1, -0.05) is 18.2 Å². The molecule has 0 heterocycles. The molecule has 0 radical (unpaired) electrons. The van der Waals surface area contributed by atoms with Gasteiger partial charge in [-0.2, -0.15) is 11.8 Å². The van der Waals surface area contributed by atoms with Crippen molar-refractivity contribution in [2.45, 2.75) is 5.75 Å². The van der Waals surface area contributed by atoms with Crippen molar-refractivity contribution in [1.29, 1.82) is 0 Å². The molecule has 0 aromatic heterocycles. The molecule has 0 aliphatic carbocycles. The molecule has 1 N–H and O–H groups in total. The molecular weight excluding hydrogens is 246 g/mol. The average Bonchev–Trinajstić information content (AvgIpc) is 2.38. The van der Waals surface area contributed by atoms with Crippen LogP contribution >= 0.6 is 11.8 Å². The molecule has 0 aliphatic heterocycles. The normalized spacial score (nSPS) is 10.1. The van der Waals surface area contributed by atoms with Gasteiger partial charge in [-0.25, -0.2) is 0 Å². The summed E-state index contributed by atoms with van der Waals surface area (Å²) < 4.78 is 0. The molecule has 1 aromatic rings. The van der Waals surface area contributed by atoms with Crippen molar-refractivity contribution in [2.75, 3.05) is 26.0 Å². The number of thioether (sulfide) groups is 1. The SMILES string of the molecule is C=CCN(CCO)C(=O)c1cccc(CSC)c1. The zero-order valence-electron chi connectivity index (χ0n) is 10.6. The Labute approximate surface area is 113 Å². The van der Waals surface area contributed by atoms with Crippen molar-refractivity contribution in [3.8, 4) is 0 Å². The Morgan fingerprint density at radius 1 is 1.56 bits per heavy atom. The third-order valence-electron chi connectivity index (χ3n) is 2.49. The van der Waals surface area contributed by atoms with Crippen molar-refractivity contribution >= 4 is 17.7 Å². The molecule has 18 heavy (non-hydrogen) atoms. The lowest BCUT2D eigenvalue weighted by atomic mass is 10.1. The van der Waals surface area contributed by atoms with Crippen LogP contribution in [-0.4, -0.2) is 41.9 Å². The van der Waals surface area contributed by atoms with Crippen LogP contribution < -0.4 is 0 Å². The first kappa shape index (κ1) is 14.8. The maximum atomic E-state index is 12.2. The quantitative estimate of drug-likeness (QED) is 0.768. The van der Waals surface area contributed by atoms with Gasteiger partial charge in [-0.15, -0.1) is 6.58 Å². The number of hydrogen-bond acceptors (Lipinski definition) is 3. The lowest BCUT2D eigenvalue weighted by Gasteiger charge is -2.20. The molecule has 3 nitrogen and oxygen atoms in total. The smallest absolute Gasteiger partial charge is 0.254 e. The third-order valence-corrected chi connectivity index (χ3v) is 3.11. The van der Waals surface area contributed by atoms with Crippen LogP contribution in [0.4, 0.5) is 0 Å². The monoisotopic (exact) mass is 265 g/mol. The van der Waals surface area contributed by atoms with E-state index in [9.17, 15) is 4.79 Å². The Kier molecular flexibility index (Phi) is 6.54. The lowest BCUT2D eigenvalue weighted by Crippen LogP contribution is -2.33. The number of nitrogens with zero attached hydrogens (tertiary/aromatic N) is 1. The molecule has 0 saturated heterocycles. The Morgan fingerprint density at radius 3 is 2.94 bits per heavy atom. The van der Waals surface area contributed by atoms with Crippen LogP contribution in [0.2, 0.25) is 0 Å². The Bertz CT molecular complexity index is 407. The first-order valence-electron chi connectivity index (χ1n) is 5.81. The van der Waals surface area contributed by atoms with E-state index < -0.39 is 0 Å². The van der Waals surface area contributed by atoms with E-state index in [4.69, 9.17) is 5.11 Å². The molecule has 1 rings (SSSR count). The van der Waals surface area contributed by atoms with E-state index >= 15 is 0 Å². The van der Waals surface area contributed by atoms with Crippen molar-refractivity contribution in [3.63, 3.8) is 0 Å². The number of rotatable bonds is 7. The van der Waals surface area contributed by atoms with Gasteiger partial charge < -0.3 is 10.0 Å². The predicted octanol–water partition coefficient (Wildman–Crippen LogP) is 2.17. The molecule has 0 bridgehead atoms. The first-order valence-corrected chi connectivity index (χ1v) is 7.21. The van der Waals surface area contributed by atoms with Crippen molar-refractivity contribution < 1.29 is 9.90 Å². The molecule has 0 saturated carbocycles. The number of hydrogen-bond donors (Lipinski definition) is 1. The van der Waals surface area contributed by atoms with E-state index in [1.54, 1.807) is 28.8 Å². The summed E-state index contributed by atoms with van der Waals surface area (Å²) in [5, 5.41) is 8.97. The van der Waals surface area contributed by atoms with Crippen LogP contribution in [0.3, 0.4) is 0 Å². The summed E-state index contributed by atoms with van der Waals surface area (Å²) in [5.41, 5.74) is 1.80. The minimum Gasteiger partial charge on any atom is -0.395 e. The fraction of sp³-hybridized carbons (Fsp3) is 0.357. The summed E-state index contributed by atoms with van der Waals surface area (Å²) in [6.45, 7) is 4.37. The highest BCUT2D eigenvalue weighted by molar-refractivity contribution is 7.97. The number of amides is 1. The zero-order valence-corrected chi connectivity index (χ0v) is 11.4. The maximum absolute atomic E-state index is 12.2. The van der Waals surface area contributed by atoms with Gasteiger partial charge in [-0.3, -0.25) is 4.79 Å².